The van der Waals surface area contributed by atoms with Crippen molar-refractivity contribution in [1.82, 2.24) is 9.55 Å². The van der Waals surface area contributed by atoms with Crippen LogP contribution in [0.1, 0.15) is 49.0 Å². The molecular formula is C12H16N2O4. The summed E-state index contributed by atoms with van der Waals surface area (Å²) in [6.07, 6.45) is 5.10. The first kappa shape index (κ1) is 12.6. The van der Waals surface area contributed by atoms with Crippen LogP contribution in [0, 0.1) is 5.92 Å². The molecule has 1 aliphatic carbocycles. The molecule has 6 heteroatoms. The van der Waals surface area contributed by atoms with Crippen molar-refractivity contribution in [1.29, 1.82) is 0 Å². The van der Waals surface area contributed by atoms with Gasteiger partial charge in [0.1, 0.15) is 5.56 Å². The predicted octanol–water partition coefficient (Wildman–Crippen LogP) is 0.986. The lowest BCUT2D eigenvalue weighted by Gasteiger charge is -2.17. The molecule has 2 rings (SSSR count). The van der Waals surface area contributed by atoms with E-state index in [9.17, 15) is 14.4 Å². The van der Waals surface area contributed by atoms with Crippen LogP contribution in [0.4, 0.5) is 0 Å². The van der Waals surface area contributed by atoms with Crippen molar-refractivity contribution < 1.29 is 9.90 Å². The van der Waals surface area contributed by atoms with Gasteiger partial charge in [0.05, 0.1) is 0 Å². The van der Waals surface area contributed by atoms with Gasteiger partial charge in [0.2, 0.25) is 0 Å². The minimum atomic E-state index is -1.31. The van der Waals surface area contributed by atoms with Crippen LogP contribution >= 0.6 is 0 Å². The molecule has 0 saturated heterocycles. The Kier molecular flexibility index (Phi) is 3.36. The number of rotatable bonds is 5. The van der Waals surface area contributed by atoms with E-state index < -0.39 is 17.2 Å². The Morgan fingerprint density at radius 3 is 2.72 bits per heavy atom. The predicted molar refractivity (Wildman–Crippen MR) is 65.0 cm³/mol. The summed E-state index contributed by atoms with van der Waals surface area (Å²) in [5.41, 5.74) is -1.76. The first-order chi connectivity index (χ1) is 8.52. The van der Waals surface area contributed by atoms with Gasteiger partial charge in [0.25, 0.3) is 5.56 Å². The quantitative estimate of drug-likeness (QED) is 0.817. The van der Waals surface area contributed by atoms with Gasteiger partial charge in [0.15, 0.2) is 0 Å². The highest BCUT2D eigenvalue weighted by Gasteiger charge is 2.26. The molecule has 1 saturated carbocycles. The highest BCUT2D eigenvalue weighted by Crippen LogP contribution is 2.37. The van der Waals surface area contributed by atoms with Crippen LogP contribution in [0.3, 0.4) is 0 Å². The summed E-state index contributed by atoms with van der Waals surface area (Å²) in [5.74, 6) is -0.687. The van der Waals surface area contributed by atoms with Crippen molar-refractivity contribution in [2.24, 2.45) is 5.92 Å². The van der Waals surface area contributed by atoms with Crippen molar-refractivity contribution >= 4 is 5.97 Å². The first-order valence-electron chi connectivity index (χ1n) is 6.11. The summed E-state index contributed by atoms with van der Waals surface area (Å²) < 4.78 is 1.35. The average Bonchev–Trinajstić information content (AvgIpc) is 3.10. The molecule has 1 aromatic heterocycles. The van der Waals surface area contributed by atoms with E-state index in [-0.39, 0.29) is 11.6 Å². The van der Waals surface area contributed by atoms with E-state index in [2.05, 4.69) is 4.98 Å². The molecular weight excluding hydrogens is 236 g/mol. The molecule has 1 fully saturated rings. The maximum atomic E-state index is 11.7. The number of aromatic nitrogens is 2. The molecule has 1 aromatic rings. The molecule has 0 amide bonds. The second kappa shape index (κ2) is 4.80. The fourth-order valence-corrected chi connectivity index (χ4v) is 2.12. The van der Waals surface area contributed by atoms with Gasteiger partial charge in [-0.2, -0.15) is 0 Å². The Morgan fingerprint density at radius 2 is 2.22 bits per heavy atom. The smallest absolute Gasteiger partial charge is 0.342 e. The second-order valence-corrected chi connectivity index (χ2v) is 4.76. The second-order valence-electron chi connectivity index (χ2n) is 4.76. The lowest BCUT2D eigenvalue weighted by atomic mass is 10.1. The molecule has 1 unspecified atom stereocenters. The molecule has 0 radical (unpaired) electrons. The first-order valence-corrected chi connectivity index (χ1v) is 6.11. The maximum Gasteiger partial charge on any atom is 0.342 e. The van der Waals surface area contributed by atoms with E-state index in [0.717, 1.165) is 12.8 Å². The number of H-pyrrole nitrogens is 1. The van der Waals surface area contributed by atoms with E-state index in [1.165, 1.54) is 23.6 Å². The Hall–Kier alpha value is -1.85. The molecule has 18 heavy (non-hydrogen) atoms. The van der Waals surface area contributed by atoms with Crippen molar-refractivity contribution in [3.05, 3.63) is 32.6 Å². The zero-order valence-electron chi connectivity index (χ0n) is 10.2. The molecule has 2 N–H and O–H groups in total. The SMILES string of the molecule is CCC(CC1CC1)n1cc(C(=O)O)c(=O)[nH]c1=O. The lowest BCUT2D eigenvalue weighted by molar-refractivity contribution is 0.0693. The molecule has 98 valence electrons. The minimum Gasteiger partial charge on any atom is -0.477 e. The molecule has 0 bridgehead atoms. The standard InChI is InChI=1S/C12H16N2O4/c1-2-8(5-7-3-4-7)14-6-9(11(16)17)10(15)13-12(14)18/h6-8H,2-5H2,1H3,(H,16,17)(H,13,15,18). The number of carboxylic acids is 1. The highest BCUT2D eigenvalue weighted by molar-refractivity contribution is 5.86. The zero-order chi connectivity index (χ0) is 13.3. The summed E-state index contributed by atoms with van der Waals surface area (Å²) in [4.78, 5) is 36.0. The van der Waals surface area contributed by atoms with Crippen LogP contribution < -0.4 is 11.2 Å². The molecule has 0 aliphatic heterocycles. The summed E-state index contributed by atoms with van der Waals surface area (Å²) in [6.45, 7) is 1.95. The van der Waals surface area contributed by atoms with Gasteiger partial charge in [-0.3, -0.25) is 14.3 Å². The fraction of sp³-hybridized carbons (Fsp3) is 0.583. The van der Waals surface area contributed by atoms with Crippen molar-refractivity contribution in [2.45, 2.75) is 38.6 Å². The van der Waals surface area contributed by atoms with E-state index in [1.54, 1.807) is 0 Å². The summed E-state index contributed by atoms with van der Waals surface area (Å²) >= 11 is 0. The zero-order valence-corrected chi connectivity index (χ0v) is 10.2. The van der Waals surface area contributed by atoms with Crippen LogP contribution in [-0.4, -0.2) is 20.6 Å². The van der Waals surface area contributed by atoms with Crippen LogP contribution in [0.25, 0.3) is 0 Å². The number of nitrogens with zero attached hydrogens (tertiary/aromatic N) is 1. The third-order valence-electron chi connectivity index (χ3n) is 3.37. The van der Waals surface area contributed by atoms with E-state index in [1.807, 2.05) is 6.92 Å². The van der Waals surface area contributed by atoms with Gasteiger partial charge in [-0.05, 0) is 18.8 Å². The van der Waals surface area contributed by atoms with Gasteiger partial charge in [0, 0.05) is 12.2 Å². The number of carboxylic acid groups (broad SMARTS) is 1. The van der Waals surface area contributed by atoms with Gasteiger partial charge in [-0.15, -0.1) is 0 Å². The fourth-order valence-electron chi connectivity index (χ4n) is 2.12. The largest absolute Gasteiger partial charge is 0.477 e. The Balaban J connectivity index is 2.41. The van der Waals surface area contributed by atoms with Crippen molar-refractivity contribution in [3.63, 3.8) is 0 Å². The monoisotopic (exact) mass is 252 g/mol. The summed E-state index contributed by atoms with van der Waals surface area (Å²) in [5, 5.41) is 8.89. The van der Waals surface area contributed by atoms with Crippen LogP contribution in [0.15, 0.2) is 15.8 Å². The third kappa shape index (κ3) is 2.52. The molecule has 1 heterocycles. The van der Waals surface area contributed by atoms with Crippen LogP contribution in [0.5, 0.6) is 0 Å². The Morgan fingerprint density at radius 1 is 1.56 bits per heavy atom. The van der Waals surface area contributed by atoms with Gasteiger partial charge < -0.3 is 5.11 Å². The van der Waals surface area contributed by atoms with Crippen LogP contribution in [-0.2, 0) is 0 Å². The average molecular weight is 252 g/mol. The molecule has 6 nitrogen and oxygen atoms in total. The minimum absolute atomic E-state index is 0.0417. The highest BCUT2D eigenvalue weighted by atomic mass is 16.4. The van der Waals surface area contributed by atoms with Gasteiger partial charge >= 0.3 is 11.7 Å². The van der Waals surface area contributed by atoms with Gasteiger partial charge in [-0.1, -0.05) is 19.8 Å². The van der Waals surface area contributed by atoms with E-state index in [4.69, 9.17) is 5.11 Å². The van der Waals surface area contributed by atoms with Crippen molar-refractivity contribution in [3.8, 4) is 0 Å². The topological polar surface area (TPSA) is 92.2 Å². The van der Waals surface area contributed by atoms with E-state index in [0.29, 0.717) is 5.92 Å². The normalized spacial score (nSPS) is 16.5. The Labute approximate surface area is 103 Å². The molecule has 0 aromatic carbocycles. The lowest BCUT2D eigenvalue weighted by Crippen LogP contribution is -2.35. The van der Waals surface area contributed by atoms with Crippen molar-refractivity contribution in [2.75, 3.05) is 0 Å². The molecule has 1 aliphatic rings. The number of nitrogens with one attached hydrogen (secondary N) is 1. The molecule has 0 spiro atoms. The van der Waals surface area contributed by atoms with Gasteiger partial charge in [-0.25, -0.2) is 9.59 Å². The summed E-state index contributed by atoms with van der Waals surface area (Å²) in [7, 11) is 0. The Bertz CT molecular complexity index is 568. The number of aromatic amines is 1. The summed E-state index contributed by atoms with van der Waals surface area (Å²) in [6, 6.07) is -0.0417. The molecule has 1 atom stereocenters. The maximum absolute atomic E-state index is 11.7. The number of aromatic carboxylic acids is 1. The van der Waals surface area contributed by atoms with E-state index >= 15 is 0 Å². The van der Waals surface area contributed by atoms with Crippen LogP contribution in [0.2, 0.25) is 0 Å². The third-order valence-corrected chi connectivity index (χ3v) is 3.37. The number of hydrogen-bond acceptors (Lipinski definition) is 3. The number of carbonyl (C=O) groups is 1. The number of hydrogen-bond donors (Lipinski definition) is 2.